The van der Waals surface area contributed by atoms with Gasteiger partial charge in [0.05, 0.1) is 7.11 Å². The monoisotopic (exact) mass is 369 g/mol. The molecule has 0 unspecified atom stereocenters. The van der Waals surface area contributed by atoms with Crippen LogP contribution < -0.4 is 4.74 Å². The van der Waals surface area contributed by atoms with Crippen LogP contribution >= 0.6 is 11.3 Å². The summed E-state index contributed by atoms with van der Waals surface area (Å²) >= 11 is 1.29. The van der Waals surface area contributed by atoms with E-state index in [9.17, 15) is 9.59 Å². The van der Waals surface area contributed by atoms with Gasteiger partial charge in [-0.3, -0.25) is 4.79 Å². The van der Waals surface area contributed by atoms with Gasteiger partial charge in [-0.1, -0.05) is 6.07 Å². The van der Waals surface area contributed by atoms with Gasteiger partial charge in [0.25, 0.3) is 0 Å². The summed E-state index contributed by atoms with van der Waals surface area (Å²) in [6.45, 7) is 3.54. The molecular formula is C20H19NO4S. The Morgan fingerprint density at radius 2 is 1.85 bits per heavy atom. The number of rotatable bonds is 6. The largest absolute Gasteiger partial charge is 0.497 e. The number of benzene rings is 1. The molecule has 134 valence electrons. The molecule has 0 fully saturated rings. The van der Waals surface area contributed by atoms with Crippen molar-refractivity contribution >= 4 is 23.1 Å². The Bertz CT molecular complexity index is 924. The van der Waals surface area contributed by atoms with Gasteiger partial charge >= 0.3 is 5.97 Å². The number of esters is 1. The molecule has 0 aliphatic rings. The molecule has 0 spiro atoms. The second-order valence-electron chi connectivity index (χ2n) is 5.79. The average Bonchev–Trinajstić information content (AvgIpc) is 3.28. The molecule has 26 heavy (non-hydrogen) atoms. The zero-order chi connectivity index (χ0) is 18.7. The van der Waals surface area contributed by atoms with E-state index in [1.807, 2.05) is 48.7 Å². The number of thiophene rings is 1. The Morgan fingerprint density at radius 3 is 2.46 bits per heavy atom. The molecule has 5 nitrogen and oxygen atoms in total. The van der Waals surface area contributed by atoms with E-state index in [0.717, 1.165) is 22.8 Å². The molecule has 3 rings (SSSR count). The fourth-order valence-electron chi connectivity index (χ4n) is 2.85. The van der Waals surface area contributed by atoms with E-state index >= 15 is 0 Å². The maximum absolute atomic E-state index is 12.5. The zero-order valence-electron chi connectivity index (χ0n) is 14.8. The maximum atomic E-state index is 12.5. The number of Topliss-reactive ketones (excluding diaryl/α,β-unsaturated/α-hetero) is 1. The van der Waals surface area contributed by atoms with Crippen LogP contribution in [0.3, 0.4) is 0 Å². The summed E-state index contributed by atoms with van der Waals surface area (Å²) in [5.74, 6) is 0.0769. The zero-order valence-corrected chi connectivity index (χ0v) is 15.6. The fourth-order valence-corrected chi connectivity index (χ4v) is 3.46. The second-order valence-corrected chi connectivity index (χ2v) is 6.74. The quantitative estimate of drug-likeness (QED) is 0.483. The molecule has 0 aliphatic heterocycles. The third-order valence-electron chi connectivity index (χ3n) is 4.12. The van der Waals surface area contributed by atoms with Crippen molar-refractivity contribution in [2.45, 2.75) is 13.8 Å². The first-order valence-electron chi connectivity index (χ1n) is 8.08. The first-order valence-corrected chi connectivity index (χ1v) is 8.96. The molecule has 0 N–H and O–H groups in total. The number of aryl methyl sites for hydroxylation is 1. The first-order chi connectivity index (χ1) is 12.5. The molecule has 0 bridgehead atoms. The summed E-state index contributed by atoms with van der Waals surface area (Å²) in [4.78, 5) is 24.9. The van der Waals surface area contributed by atoms with Crippen LogP contribution in [0.5, 0.6) is 5.75 Å². The molecule has 0 saturated carbocycles. The molecule has 3 aromatic rings. The van der Waals surface area contributed by atoms with Crippen LogP contribution in [0.15, 0.2) is 47.8 Å². The van der Waals surface area contributed by atoms with Gasteiger partial charge < -0.3 is 14.0 Å². The van der Waals surface area contributed by atoms with Crippen LogP contribution in [0.25, 0.3) is 5.69 Å². The van der Waals surface area contributed by atoms with Crippen LogP contribution in [0, 0.1) is 13.8 Å². The van der Waals surface area contributed by atoms with Crippen LogP contribution in [-0.2, 0) is 4.74 Å². The third kappa shape index (κ3) is 3.55. The van der Waals surface area contributed by atoms with Crippen LogP contribution in [-0.4, -0.2) is 30.0 Å². The molecule has 0 amide bonds. The maximum Gasteiger partial charge on any atom is 0.348 e. The van der Waals surface area contributed by atoms with Gasteiger partial charge in [-0.05, 0) is 55.6 Å². The lowest BCUT2D eigenvalue weighted by Gasteiger charge is -2.10. The molecule has 0 saturated heterocycles. The molecule has 0 radical (unpaired) electrons. The van der Waals surface area contributed by atoms with E-state index in [-0.39, 0.29) is 12.4 Å². The fraction of sp³-hybridized carbons (Fsp3) is 0.200. The molecule has 6 heteroatoms. The van der Waals surface area contributed by atoms with Crippen molar-refractivity contribution in [2.24, 2.45) is 0 Å². The summed E-state index contributed by atoms with van der Waals surface area (Å²) in [5.41, 5.74) is 3.23. The van der Waals surface area contributed by atoms with Crippen LogP contribution in [0.2, 0.25) is 0 Å². The van der Waals surface area contributed by atoms with Crippen molar-refractivity contribution in [2.75, 3.05) is 13.7 Å². The van der Waals surface area contributed by atoms with E-state index in [0.29, 0.717) is 10.4 Å². The van der Waals surface area contributed by atoms with E-state index in [4.69, 9.17) is 9.47 Å². The summed E-state index contributed by atoms with van der Waals surface area (Å²) in [5, 5.41) is 1.79. The van der Waals surface area contributed by atoms with Crippen LogP contribution in [0.1, 0.15) is 31.4 Å². The van der Waals surface area contributed by atoms with Gasteiger partial charge in [0.15, 0.2) is 6.61 Å². The lowest BCUT2D eigenvalue weighted by atomic mass is 10.1. The Balaban J connectivity index is 1.78. The molecular weight excluding hydrogens is 350 g/mol. The third-order valence-corrected chi connectivity index (χ3v) is 4.97. The van der Waals surface area contributed by atoms with Gasteiger partial charge in [-0.15, -0.1) is 11.3 Å². The van der Waals surface area contributed by atoms with Gasteiger partial charge in [0.2, 0.25) is 5.78 Å². The van der Waals surface area contributed by atoms with Crippen molar-refractivity contribution in [3.05, 3.63) is 69.7 Å². The van der Waals surface area contributed by atoms with E-state index < -0.39 is 5.97 Å². The predicted octanol–water partition coefficient (Wildman–Crippen LogP) is 4.20. The van der Waals surface area contributed by atoms with Gasteiger partial charge in [0.1, 0.15) is 10.6 Å². The number of nitrogens with zero attached hydrogens (tertiary/aromatic N) is 1. The van der Waals surface area contributed by atoms with Crippen molar-refractivity contribution in [1.82, 2.24) is 4.57 Å². The molecule has 2 aromatic heterocycles. The number of carbonyl (C=O) groups excluding carboxylic acids is 2. The smallest absolute Gasteiger partial charge is 0.348 e. The second kappa shape index (κ2) is 7.58. The number of hydrogen-bond donors (Lipinski definition) is 0. The van der Waals surface area contributed by atoms with Gasteiger partial charge in [-0.2, -0.15) is 0 Å². The molecule has 0 aliphatic carbocycles. The van der Waals surface area contributed by atoms with Gasteiger partial charge in [0, 0.05) is 22.6 Å². The normalized spacial score (nSPS) is 10.6. The minimum absolute atomic E-state index is 0.220. The Morgan fingerprint density at radius 1 is 1.12 bits per heavy atom. The number of ether oxygens (including phenoxy) is 2. The summed E-state index contributed by atoms with van der Waals surface area (Å²) in [6.07, 6.45) is 0. The van der Waals surface area contributed by atoms with E-state index in [2.05, 4.69) is 0 Å². The highest BCUT2D eigenvalue weighted by Crippen LogP contribution is 2.23. The van der Waals surface area contributed by atoms with Gasteiger partial charge in [-0.25, -0.2) is 4.79 Å². The van der Waals surface area contributed by atoms with E-state index in [1.54, 1.807) is 24.6 Å². The number of ketones is 1. The number of aromatic nitrogens is 1. The average molecular weight is 369 g/mol. The molecule has 1 aromatic carbocycles. The molecule has 0 atom stereocenters. The topological polar surface area (TPSA) is 57.5 Å². The number of hydrogen-bond acceptors (Lipinski definition) is 5. The molecule has 2 heterocycles. The number of methoxy groups -OCH3 is 1. The SMILES string of the molecule is COc1ccc(-n2c(C)cc(C(=O)COC(=O)c3cccs3)c2C)cc1. The minimum atomic E-state index is -0.475. The lowest BCUT2D eigenvalue weighted by molar-refractivity contribution is 0.0479. The first kappa shape index (κ1) is 17.9. The van der Waals surface area contributed by atoms with E-state index in [1.165, 1.54) is 11.3 Å². The van der Waals surface area contributed by atoms with Crippen molar-refractivity contribution in [3.8, 4) is 11.4 Å². The summed E-state index contributed by atoms with van der Waals surface area (Å²) in [7, 11) is 1.62. The number of carbonyl (C=O) groups is 2. The lowest BCUT2D eigenvalue weighted by Crippen LogP contribution is -2.14. The predicted molar refractivity (Wildman–Crippen MR) is 101 cm³/mol. The standard InChI is InChI=1S/C20H19NO4S/c1-13-11-17(18(22)12-25-20(23)19-5-4-10-26-19)14(2)21(13)15-6-8-16(24-3)9-7-15/h4-11H,12H2,1-3H3. The highest BCUT2D eigenvalue weighted by molar-refractivity contribution is 7.11. The summed E-state index contributed by atoms with van der Waals surface area (Å²) < 4.78 is 12.3. The Kier molecular flexibility index (Phi) is 5.23. The van der Waals surface area contributed by atoms with Crippen molar-refractivity contribution in [3.63, 3.8) is 0 Å². The summed E-state index contributed by atoms with van der Waals surface area (Å²) in [6, 6.07) is 12.9. The Labute approximate surface area is 155 Å². The minimum Gasteiger partial charge on any atom is -0.497 e. The Hall–Kier alpha value is -2.86. The highest BCUT2D eigenvalue weighted by Gasteiger charge is 2.19. The highest BCUT2D eigenvalue weighted by atomic mass is 32.1. The van der Waals surface area contributed by atoms with Crippen molar-refractivity contribution in [1.29, 1.82) is 0 Å². The van der Waals surface area contributed by atoms with Crippen LogP contribution in [0.4, 0.5) is 0 Å². The van der Waals surface area contributed by atoms with Crippen molar-refractivity contribution < 1.29 is 19.1 Å².